The third-order valence-electron chi connectivity index (χ3n) is 7.04. The average Bonchev–Trinajstić information content (AvgIpc) is 3.68. The predicted molar refractivity (Wildman–Crippen MR) is 147 cm³/mol. The van der Waals surface area contributed by atoms with Crippen molar-refractivity contribution >= 4 is 41.2 Å². The number of fused-ring (bicyclic) bond motifs is 3. The van der Waals surface area contributed by atoms with Crippen LogP contribution in [-0.2, 0) is 9.53 Å². The molecule has 5 nitrogen and oxygen atoms in total. The first-order valence-electron chi connectivity index (χ1n) is 12.2. The molecular formula is C29H26N2O3S2. The normalized spacial score (nSPS) is 18.8. The number of hydrogen-bond acceptors (Lipinski definition) is 5. The predicted octanol–water partition coefficient (Wildman–Crippen LogP) is 6.99. The molecule has 1 aliphatic carbocycles. The maximum absolute atomic E-state index is 13.1. The molecule has 1 N–H and O–H groups in total. The second kappa shape index (κ2) is 10.1. The van der Waals surface area contributed by atoms with E-state index in [2.05, 4.69) is 40.4 Å². The minimum Gasteiger partial charge on any atom is -0.448 e. The number of anilines is 1. The van der Waals surface area contributed by atoms with Gasteiger partial charge in [0.25, 0.3) is 0 Å². The van der Waals surface area contributed by atoms with Crippen LogP contribution in [0.1, 0.15) is 40.0 Å². The van der Waals surface area contributed by atoms with E-state index < -0.39 is 12.1 Å². The topological polar surface area (TPSA) is 58.6 Å². The number of hydrogen-bond donors (Lipinski definition) is 1. The van der Waals surface area contributed by atoms with Gasteiger partial charge >= 0.3 is 6.09 Å². The van der Waals surface area contributed by atoms with Crippen LogP contribution in [0.15, 0.2) is 83.6 Å². The highest BCUT2D eigenvalue weighted by molar-refractivity contribution is 8.21. The second-order valence-electron chi connectivity index (χ2n) is 9.14. The molecule has 0 unspecified atom stereocenters. The molecule has 182 valence electrons. The number of thioether (sulfide) groups is 2. The standard InChI is InChI=1S/C29H26N2O3S2/c32-27(30-20-13-11-19(12-14-20)28-35-16-17-36-28)26-10-5-15-31(26)29(33)34-18-25-23-8-3-1-6-21(23)22-7-2-4-9-24(22)25/h1-4,6-9,11-14,16-17,25-26,28H,5,10,15,18H2,(H,30,32)/t26-/m1/s1. The van der Waals surface area contributed by atoms with E-state index in [1.807, 2.05) is 48.5 Å². The van der Waals surface area contributed by atoms with Crippen molar-refractivity contribution in [1.82, 2.24) is 4.90 Å². The number of nitrogens with one attached hydrogen (secondary N) is 1. The molecule has 2 amide bonds. The Hall–Kier alpha value is -3.16. The zero-order chi connectivity index (χ0) is 24.5. The van der Waals surface area contributed by atoms with Crippen molar-refractivity contribution in [3.8, 4) is 11.1 Å². The van der Waals surface area contributed by atoms with Crippen LogP contribution >= 0.6 is 23.5 Å². The van der Waals surface area contributed by atoms with Gasteiger partial charge in [-0.3, -0.25) is 9.69 Å². The first kappa shape index (κ1) is 23.3. The van der Waals surface area contributed by atoms with Gasteiger partial charge in [-0.2, -0.15) is 0 Å². The van der Waals surface area contributed by atoms with Gasteiger partial charge in [0.05, 0.1) is 4.58 Å². The summed E-state index contributed by atoms with van der Waals surface area (Å²) in [5, 5.41) is 7.19. The number of ether oxygens (including phenoxy) is 1. The summed E-state index contributed by atoms with van der Waals surface area (Å²) in [6, 6.07) is 24.0. The van der Waals surface area contributed by atoms with Gasteiger partial charge in [-0.05, 0) is 63.6 Å². The Morgan fingerprint density at radius 3 is 2.19 bits per heavy atom. The van der Waals surface area contributed by atoms with Crippen LogP contribution in [0.4, 0.5) is 10.5 Å². The minimum atomic E-state index is -0.523. The lowest BCUT2D eigenvalue weighted by Gasteiger charge is -2.24. The zero-order valence-electron chi connectivity index (χ0n) is 19.6. The molecule has 0 spiro atoms. The molecule has 0 radical (unpaired) electrons. The Kier molecular flexibility index (Phi) is 6.50. The third-order valence-corrected chi connectivity index (χ3v) is 9.50. The molecule has 0 saturated carbocycles. The molecule has 0 aromatic heterocycles. The van der Waals surface area contributed by atoms with Crippen molar-refractivity contribution in [3.05, 3.63) is 100 Å². The number of carbonyl (C=O) groups excluding carboxylic acids is 2. The Labute approximate surface area is 219 Å². The Morgan fingerprint density at radius 2 is 1.53 bits per heavy atom. The summed E-state index contributed by atoms with van der Waals surface area (Å²) in [7, 11) is 0. The fourth-order valence-electron chi connectivity index (χ4n) is 5.28. The van der Waals surface area contributed by atoms with Gasteiger partial charge in [0.1, 0.15) is 12.6 Å². The van der Waals surface area contributed by atoms with Crippen LogP contribution in [0.3, 0.4) is 0 Å². The molecule has 6 rings (SSSR count). The second-order valence-corrected chi connectivity index (χ2v) is 11.5. The van der Waals surface area contributed by atoms with E-state index in [0.29, 0.717) is 17.5 Å². The number of amides is 2. The Morgan fingerprint density at radius 1 is 0.889 bits per heavy atom. The van der Waals surface area contributed by atoms with E-state index >= 15 is 0 Å². The van der Waals surface area contributed by atoms with Gasteiger partial charge in [-0.15, -0.1) is 23.5 Å². The largest absolute Gasteiger partial charge is 0.448 e. The molecule has 7 heteroatoms. The van der Waals surface area contributed by atoms with E-state index in [1.165, 1.54) is 27.8 Å². The molecule has 3 aromatic rings. The highest BCUT2D eigenvalue weighted by atomic mass is 32.2. The number of benzene rings is 3. The summed E-state index contributed by atoms with van der Waals surface area (Å²) in [5.41, 5.74) is 6.70. The maximum atomic E-state index is 13.1. The quantitative estimate of drug-likeness (QED) is 0.398. The van der Waals surface area contributed by atoms with Crippen LogP contribution in [0.25, 0.3) is 11.1 Å². The number of rotatable bonds is 5. The highest BCUT2D eigenvalue weighted by Gasteiger charge is 2.36. The van der Waals surface area contributed by atoms with E-state index in [0.717, 1.165) is 12.1 Å². The fraction of sp³-hybridized carbons (Fsp3) is 0.241. The summed E-state index contributed by atoms with van der Waals surface area (Å²) in [6.45, 7) is 0.780. The average molecular weight is 515 g/mol. The summed E-state index contributed by atoms with van der Waals surface area (Å²) >= 11 is 3.56. The molecule has 2 aliphatic heterocycles. The number of nitrogens with zero attached hydrogens (tertiary/aromatic N) is 1. The van der Waals surface area contributed by atoms with Gasteiger partial charge in [-0.1, -0.05) is 60.7 Å². The van der Waals surface area contributed by atoms with Gasteiger partial charge in [-0.25, -0.2) is 4.79 Å². The minimum absolute atomic E-state index is 0.00105. The molecule has 1 saturated heterocycles. The summed E-state index contributed by atoms with van der Waals surface area (Å²) < 4.78 is 6.19. The van der Waals surface area contributed by atoms with Crippen molar-refractivity contribution in [2.75, 3.05) is 18.5 Å². The summed E-state index contributed by atoms with van der Waals surface area (Å²) in [6.07, 6.45) is 0.993. The molecule has 36 heavy (non-hydrogen) atoms. The summed E-state index contributed by atoms with van der Waals surface area (Å²) in [4.78, 5) is 27.8. The maximum Gasteiger partial charge on any atom is 0.410 e. The summed E-state index contributed by atoms with van der Waals surface area (Å²) in [5.74, 6) is -0.166. The lowest BCUT2D eigenvalue weighted by atomic mass is 9.98. The molecule has 1 atom stereocenters. The van der Waals surface area contributed by atoms with Gasteiger partial charge in [0, 0.05) is 18.2 Å². The van der Waals surface area contributed by atoms with Crippen molar-refractivity contribution < 1.29 is 14.3 Å². The monoisotopic (exact) mass is 514 g/mol. The number of carbonyl (C=O) groups is 2. The van der Waals surface area contributed by atoms with Crippen LogP contribution in [0.2, 0.25) is 0 Å². The SMILES string of the molecule is O=C(Nc1ccc(C2SC=CS2)cc1)[C@H]1CCCN1C(=O)OCC1c2ccccc2-c2ccccc21. The van der Waals surface area contributed by atoms with Crippen molar-refractivity contribution in [2.45, 2.75) is 29.4 Å². The molecule has 3 aliphatic rings. The zero-order valence-corrected chi connectivity index (χ0v) is 21.3. The van der Waals surface area contributed by atoms with Crippen molar-refractivity contribution in [2.24, 2.45) is 0 Å². The van der Waals surface area contributed by atoms with E-state index in [9.17, 15) is 9.59 Å². The van der Waals surface area contributed by atoms with Crippen molar-refractivity contribution in [1.29, 1.82) is 0 Å². The van der Waals surface area contributed by atoms with E-state index in [-0.39, 0.29) is 18.4 Å². The highest BCUT2D eigenvalue weighted by Crippen LogP contribution is 2.46. The van der Waals surface area contributed by atoms with Crippen LogP contribution in [-0.4, -0.2) is 36.1 Å². The Balaban J connectivity index is 1.10. The van der Waals surface area contributed by atoms with E-state index in [4.69, 9.17) is 4.74 Å². The Bertz CT molecular complexity index is 1270. The van der Waals surface area contributed by atoms with Gasteiger partial charge < -0.3 is 10.1 Å². The van der Waals surface area contributed by atoms with E-state index in [1.54, 1.807) is 28.4 Å². The van der Waals surface area contributed by atoms with Crippen LogP contribution < -0.4 is 5.32 Å². The lowest BCUT2D eigenvalue weighted by Crippen LogP contribution is -2.43. The first-order valence-corrected chi connectivity index (χ1v) is 14.1. The van der Waals surface area contributed by atoms with Crippen LogP contribution in [0.5, 0.6) is 0 Å². The molecular weight excluding hydrogens is 488 g/mol. The van der Waals surface area contributed by atoms with Gasteiger partial charge in [0.15, 0.2) is 0 Å². The van der Waals surface area contributed by atoms with Crippen LogP contribution in [0, 0.1) is 0 Å². The molecule has 1 fully saturated rings. The molecule has 0 bridgehead atoms. The fourth-order valence-corrected chi connectivity index (χ4v) is 7.35. The third kappa shape index (κ3) is 4.42. The van der Waals surface area contributed by atoms with Crippen molar-refractivity contribution in [3.63, 3.8) is 0 Å². The number of likely N-dealkylation sites (tertiary alicyclic amines) is 1. The molecule has 2 heterocycles. The molecule has 3 aromatic carbocycles. The first-order chi connectivity index (χ1) is 17.7. The smallest absolute Gasteiger partial charge is 0.410 e. The van der Waals surface area contributed by atoms with Gasteiger partial charge in [0.2, 0.25) is 5.91 Å². The lowest BCUT2D eigenvalue weighted by molar-refractivity contribution is -0.120.